The van der Waals surface area contributed by atoms with E-state index in [9.17, 15) is 0 Å². The van der Waals surface area contributed by atoms with Crippen molar-refractivity contribution in [3.8, 4) is 0 Å². The average Bonchev–Trinajstić information content (AvgIpc) is 2.05. The minimum absolute atomic E-state index is 0.329. The molecule has 1 aliphatic carbocycles. The van der Waals surface area contributed by atoms with Gasteiger partial charge in [-0.05, 0) is 32.1 Å². The lowest BCUT2D eigenvalue weighted by Crippen LogP contribution is -2.03. The van der Waals surface area contributed by atoms with Crippen LogP contribution in [0.5, 0.6) is 0 Å². The fourth-order valence-corrected chi connectivity index (χ4v) is 2.09. The molecule has 1 heteroatoms. The van der Waals surface area contributed by atoms with Gasteiger partial charge < -0.3 is 0 Å². The van der Waals surface area contributed by atoms with Gasteiger partial charge in [0.25, 0.3) is 0 Å². The molecule has 0 saturated carbocycles. The summed E-state index contributed by atoms with van der Waals surface area (Å²) in [7, 11) is 0. The van der Waals surface area contributed by atoms with E-state index in [1.807, 2.05) is 0 Å². The second-order valence-electron chi connectivity index (χ2n) is 3.69. The van der Waals surface area contributed by atoms with Crippen molar-refractivity contribution in [3.05, 3.63) is 11.6 Å². The number of alkyl halides is 1. The first kappa shape index (κ1) is 10.1. The van der Waals surface area contributed by atoms with Crippen LogP contribution in [0.2, 0.25) is 0 Å². The van der Waals surface area contributed by atoms with Gasteiger partial charge >= 0.3 is 0 Å². The lowest BCUT2D eigenvalue weighted by atomic mass is 9.95. The molecule has 70 valence electrons. The van der Waals surface area contributed by atoms with E-state index in [0.29, 0.717) is 5.38 Å². The summed E-state index contributed by atoms with van der Waals surface area (Å²) in [4.78, 5) is 0. The third kappa shape index (κ3) is 3.62. The minimum Gasteiger partial charge on any atom is -0.118 e. The predicted molar refractivity (Wildman–Crippen MR) is 55.7 cm³/mol. The molecule has 0 aromatic carbocycles. The SMILES string of the molecule is CCCCCC1=CC(Cl)CCC1. The highest BCUT2D eigenvalue weighted by Gasteiger charge is 2.09. The molecule has 0 bridgehead atoms. The van der Waals surface area contributed by atoms with Gasteiger partial charge in [-0.2, -0.15) is 0 Å². The third-order valence-corrected chi connectivity index (χ3v) is 2.84. The van der Waals surface area contributed by atoms with E-state index in [1.54, 1.807) is 5.57 Å². The van der Waals surface area contributed by atoms with Gasteiger partial charge in [-0.25, -0.2) is 0 Å². The molecular formula is C11H19Cl. The van der Waals surface area contributed by atoms with Crippen LogP contribution < -0.4 is 0 Å². The van der Waals surface area contributed by atoms with Gasteiger partial charge in [0.05, 0.1) is 5.38 Å². The Morgan fingerprint density at radius 2 is 2.33 bits per heavy atom. The van der Waals surface area contributed by atoms with E-state index < -0.39 is 0 Å². The molecule has 1 aliphatic rings. The lowest BCUT2D eigenvalue weighted by molar-refractivity contribution is 0.642. The van der Waals surface area contributed by atoms with E-state index in [-0.39, 0.29) is 0 Å². The molecule has 0 saturated heterocycles. The highest BCUT2D eigenvalue weighted by molar-refractivity contribution is 6.21. The van der Waals surface area contributed by atoms with E-state index in [1.165, 1.54) is 44.9 Å². The van der Waals surface area contributed by atoms with Crippen molar-refractivity contribution in [3.63, 3.8) is 0 Å². The number of unbranched alkanes of at least 4 members (excludes halogenated alkanes) is 2. The van der Waals surface area contributed by atoms with E-state index in [0.717, 1.165) is 0 Å². The molecule has 0 fully saturated rings. The van der Waals surface area contributed by atoms with Crippen molar-refractivity contribution in [2.24, 2.45) is 0 Å². The van der Waals surface area contributed by atoms with Crippen LogP contribution in [0.1, 0.15) is 51.9 Å². The highest BCUT2D eigenvalue weighted by atomic mass is 35.5. The lowest BCUT2D eigenvalue weighted by Gasteiger charge is -2.16. The number of halogens is 1. The number of allylic oxidation sites excluding steroid dienone is 2. The minimum atomic E-state index is 0.329. The van der Waals surface area contributed by atoms with Gasteiger partial charge in [-0.1, -0.05) is 31.4 Å². The summed E-state index contributed by atoms with van der Waals surface area (Å²) in [6, 6.07) is 0. The van der Waals surface area contributed by atoms with E-state index in [4.69, 9.17) is 11.6 Å². The molecule has 0 spiro atoms. The van der Waals surface area contributed by atoms with Crippen molar-refractivity contribution in [2.45, 2.75) is 57.2 Å². The van der Waals surface area contributed by atoms with Crippen LogP contribution in [-0.2, 0) is 0 Å². The Balaban J connectivity index is 2.21. The number of hydrogen-bond donors (Lipinski definition) is 0. The molecule has 1 unspecified atom stereocenters. The summed E-state index contributed by atoms with van der Waals surface area (Å²) in [6.07, 6.45) is 11.4. The van der Waals surface area contributed by atoms with E-state index >= 15 is 0 Å². The molecule has 0 radical (unpaired) electrons. The molecule has 0 aliphatic heterocycles. The quantitative estimate of drug-likeness (QED) is 0.349. The topological polar surface area (TPSA) is 0 Å². The Labute approximate surface area is 81.0 Å². The standard InChI is InChI=1S/C11H19Cl/c1-2-3-4-6-10-7-5-8-11(12)9-10/h9,11H,2-8H2,1H3. The Morgan fingerprint density at radius 3 is 3.00 bits per heavy atom. The Morgan fingerprint density at radius 1 is 1.50 bits per heavy atom. The molecule has 12 heavy (non-hydrogen) atoms. The van der Waals surface area contributed by atoms with Crippen LogP contribution in [0.4, 0.5) is 0 Å². The normalized spacial score (nSPS) is 23.8. The molecule has 0 aromatic heterocycles. The van der Waals surface area contributed by atoms with Crippen LogP contribution in [0.25, 0.3) is 0 Å². The molecule has 1 atom stereocenters. The largest absolute Gasteiger partial charge is 0.118 e. The van der Waals surface area contributed by atoms with Crippen molar-refractivity contribution in [1.82, 2.24) is 0 Å². The average molecular weight is 187 g/mol. The monoisotopic (exact) mass is 186 g/mol. The summed E-state index contributed by atoms with van der Waals surface area (Å²) in [6.45, 7) is 2.25. The fraction of sp³-hybridized carbons (Fsp3) is 0.818. The summed E-state index contributed by atoms with van der Waals surface area (Å²) >= 11 is 6.05. The molecule has 0 nitrogen and oxygen atoms in total. The maximum atomic E-state index is 6.05. The number of rotatable bonds is 4. The Kier molecular flexibility index (Phi) is 4.75. The fourth-order valence-electron chi connectivity index (χ4n) is 1.76. The third-order valence-electron chi connectivity index (χ3n) is 2.50. The van der Waals surface area contributed by atoms with Gasteiger partial charge in [0.15, 0.2) is 0 Å². The molecular weight excluding hydrogens is 168 g/mol. The zero-order chi connectivity index (χ0) is 8.81. The molecule has 0 heterocycles. The zero-order valence-electron chi connectivity index (χ0n) is 7.98. The summed E-state index contributed by atoms with van der Waals surface area (Å²) < 4.78 is 0. The van der Waals surface area contributed by atoms with Crippen LogP contribution in [0.15, 0.2) is 11.6 Å². The van der Waals surface area contributed by atoms with Crippen LogP contribution >= 0.6 is 11.6 Å². The molecule has 1 rings (SSSR count). The van der Waals surface area contributed by atoms with Gasteiger partial charge in [-0.3, -0.25) is 0 Å². The first-order valence-electron chi connectivity index (χ1n) is 5.16. The first-order chi connectivity index (χ1) is 5.83. The predicted octanol–water partition coefficient (Wildman–Crippen LogP) is 4.28. The van der Waals surface area contributed by atoms with Crippen LogP contribution in [0.3, 0.4) is 0 Å². The van der Waals surface area contributed by atoms with Crippen molar-refractivity contribution < 1.29 is 0 Å². The molecule has 0 amide bonds. The van der Waals surface area contributed by atoms with Crippen molar-refractivity contribution in [1.29, 1.82) is 0 Å². The summed E-state index contributed by atoms with van der Waals surface area (Å²) in [5.74, 6) is 0. The van der Waals surface area contributed by atoms with Crippen LogP contribution in [0, 0.1) is 0 Å². The van der Waals surface area contributed by atoms with Gasteiger partial charge in [0.2, 0.25) is 0 Å². The van der Waals surface area contributed by atoms with E-state index in [2.05, 4.69) is 13.0 Å². The van der Waals surface area contributed by atoms with Gasteiger partial charge in [0, 0.05) is 0 Å². The zero-order valence-corrected chi connectivity index (χ0v) is 8.74. The van der Waals surface area contributed by atoms with Gasteiger partial charge in [-0.15, -0.1) is 11.6 Å². The first-order valence-corrected chi connectivity index (χ1v) is 5.60. The highest BCUT2D eigenvalue weighted by Crippen LogP contribution is 2.25. The maximum absolute atomic E-state index is 6.05. The number of hydrogen-bond acceptors (Lipinski definition) is 0. The second-order valence-corrected chi connectivity index (χ2v) is 4.25. The van der Waals surface area contributed by atoms with Crippen molar-refractivity contribution in [2.75, 3.05) is 0 Å². The summed E-state index contributed by atoms with van der Waals surface area (Å²) in [5.41, 5.74) is 1.61. The Hall–Kier alpha value is 0.0300. The smallest absolute Gasteiger partial charge is 0.0518 e. The molecule has 0 aromatic rings. The van der Waals surface area contributed by atoms with Crippen LogP contribution in [-0.4, -0.2) is 5.38 Å². The molecule has 0 N–H and O–H groups in total. The Bertz CT molecular complexity index is 149. The van der Waals surface area contributed by atoms with Gasteiger partial charge in [0.1, 0.15) is 0 Å². The second kappa shape index (κ2) is 5.64. The summed E-state index contributed by atoms with van der Waals surface area (Å²) in [5, 5.41) is 0.329. The van der Waals surface area contributed by atoms with Crippen molar-refractivity contribution >= 4 is 11.6 Å². The maximum Gasteiger partial charge on any atom is 0.0518 e.